The van der Waals surface area contributed by atoms with E-state index in [2.05, 4.69) is 258 Å². The molecular formula is C54H66Cl2F18P5Pd2S6-3. The van der Waals surface area contributed by atoms with Crippen molar-refractivity contribution >= 4 is 142 Å². The van der Waals surface area contributed by atoms with E-state index in [0.29, 0.717) is 0 Å². The van der Waals surface area contributed by atoms with Gasteiger partial charge in [-0.2, -0.15) is 70.6 Å². The predicted octanol–water partition coefficient (Wildman–Crippen LogP) is 17.3. The predicted molar refractivity (Wildman–Crippen MR) is 343 cm³/mol. The zero-order valence-corrected chi connectivity index (χ0v) is 61.2. The van der Waals surface area contributed by atoms with Gasteiger partial charge in [0.2, 0.25) is 0 Å². The number of rotatable bonds is 6. The molecule has 0 aromatic heterocycles. The second-order valence-corrected chi connectivity index (χ2v) is 35.3. The van der Waals surface area contributed by atoms with Crippen LogP contribution in [-0.4, -0.2) is 69.0 Å². The summed E-state index contributed by atoms with van der Waals surface area (Å²) in [6.45, 7) is 13.3. The van der Waals surface area contributed by atoms with E-state index in [1.807, 2.05) is 0 Å². The van der Waals surface area contributed by atoms with Crippen LogP contribution in [0.1, 0.15) is 33.4 Å². The fourth-order valence-electron chi connectivity index (χ4n) is 6.98. The van der Waals surface area contributed by atoms with Crippen LogP contribution < -0.4 is 56.6 Å². The topological polar surface area (TPSA) is 0 Å². The molecule has 0 spiro atoms. The molecule has 2 aliphatic heterocycles. The molecule has 2 aliphatic rings. The molecule has 2 fully saturated rings. The summed E-state index contributed by atoms with van der Waals surface area (Å²) in [5, 5.41) is 8.76. The van der Waals surface area contributed by atoms with Crippen LogP contribution in [0.2, 0.25) is 0 Å². The van der Waals surface area contributed by atoms with Crippen LogP contribution in [0.25, 0.3) is 0 Å². The Morgan fingerprint density at radius 2 is 0.333 bits per heavy atom. The van der Waals surface area contributed by atoms with Crippen molar-refractivity contribution in [1.82, 2.24) is 0 Å². The first-order valence-electron chi connectivity index (χ1n) is 24.8. The molecule has 0 amide bonds. The third-order valence-electron chi connectivity index (χ3n) is 10.4. The summed E-state index contributed by atoms with van der Waals surface area (Å²) in [6, 6.07) is 52.8. The van der Waals surface area contributed by atoms with E-state index in [1.54, 1.807) is 0 Å². The maximum atomic E-state index is 9.87. The van der Waals surface area contributed by atoms with Gasteiger partial charge < -0.3 is 24.8 Å². The third-order valence-corrected chi connectivity index (χ3v) is 23.7. The molecule has 33 heteroatoms. The van der Waals surface area contributed by atoms with Gasteiger partial charge in [0, 0.05) is 89.5 Å². The Labute approximate surface area is 567 Å². The zero-order chi connectivity index (χ0) is 63.0. The molecule has 87 heavy (non-hydrogen) atoms. The molecule has 0 bridgehead atoms. The molecule has 2 saturated heterocycles. The normalized spacial score (nSPS) is 16.1. The van der Waals surface area contributed by atoms with Crippen LogP contribution in [0.5, 0.6) is 0 Å². The van der Waals surface area contributed by atoms with Crippen LogP contribution in [0.15, 0.2) is 146 Å². The average Bonchev–Trinajstić information content (AvgIpc) is 3.61. The smallest absolute Gasteiger partial charge is 1.00 e. The fourth-order valence-corrected chi connectivity index (χ4v) is 19.4. The van der Waals surface area contributed by atoms with Crippen molar-refractivity contribution in [2.75, 3.05) is 69.0 Å². The summed E-state index contributed by atoms with van der Waals surface area (Å²) in [5.74, 6) is 16.4. The van der Waals surface area contributed by atoms with Gasteiger partial charge in [-0.05, 0) is 123 Å². The van der Waals surface area contributed by atoms with Gasteiger partial charge in [0.05, 0.1) is 0 Å². The summed E-state index contributed by atoms with van der Waals surface area (Å²) in [5.41, 5.74) is 8.25. The molecule has 6 aromatic carbocycles. The van der Waals surface area contributed by atoms with Crippen LogP contribution in [-0.2, 0) is 40.8 Å². The van der Waals surface area contributed by atoms with Crippen LogP contribution in [0.3, 0.4) is 0 Å². The molecule has 506 valence electrons. The van der Waals surface area contributed by atoms with Gasteiger partial charge in [0.15, 0.2) is 0 Å². The summed E-state index contributed by atoms with van der Waals surface area (Å²) >= 11 is 12.6. The molecule has 0 saturated carbocycles. The average molecular weight is 1690 g/mol. The van der Waals surface area contributed by atoms with E-state index in [4.69, 9.17) is 0 Å². The molecule has 0 atom stereocenters. The Hall–Kier alpha value is 0.215. The van der Waals surface area contributed by atoms with Crippen molar-refractivity contribution in [3.05, 3.63) is 179 Å². The molecule has 0 nitrogen and oxygen atoms in total. The number of thioether (sulfide) groups is 6. The first-order valence-corrected chi connectivity index (χ1v) is 40.5. The van der Waals surface area contributed by atoms with Gasteiger partial charge in [-0.3, -0.25) is 0 Å². The van der Waals surface area contributed by atoms with Gasteiger partial charge in [-0.15, -0.1) is 0 Å². The number of hydrogen-bond donors (Lipinski definition) is 0. The second-order valence-electron chi connectivity index (χ2n) is 17.9. The molecule has 0 radical (unpaired) electrons. The number of benzene rings is 6. The standard InChI is InChI=1S/2C21H21P.2C6H12S3.2ClH.3F6P.2Pd/c2*1-16-10-4-7-13-19(16)22(20-14-8-5-11-17(20)2)21-15-9-6-12-18(21)3;2*1-2-8-5-6-9-4-3-7-1;;;3*1-7(2,3,4,5)6;;/h2*4-15H,1-3H3;2*1-6H2;2*1H;;;;;/q;;;;;;3*-1;;+2/p-2. The summed E-state index contributed by atoms with van der Waals surface area (Å²) in [4.78, 5) is 0. The summed E-state index contributed by atoms with van der Waals surface area (Å²) in [6.07, 6.45) is 0. The minimum atomic E-state index is -10.7. The Balaban J connectivity index is -0.00000100. The van der Waals surface area contributed by atoms with Crippen molar-refractivity contribution in [3.8, 4) is 0 Å². The number of hydrogen-bond acceptors (Lipinski definition) is 6. The largest absolute Gasteiger partial charge is 2.00 e. The maximum absolute atomic E-state index is 10.7. The second kappa shape index (κ2) is 37.5. The van der Waals surface area contributed by atoms with Crippen molar-refractivity contribution in [2.24, 2.45) is 0 Å². The van der Waals surface area contributed by atoms with Crippen molar-refractivity contribution in [3.63, 3.8) is 0 Å². The van der Waals surface area contributed by atoms with Gasteiger partial charge >= 0.3 is 119 Å². The van der Waals surface area contributed by atoms with E-state index >= 15 is 0 Å². The molecule has 0 aliphatic carbocycles. The third kappa shape index (κ3) is 52.2. The Kier molecular flexibility index (Phi) is 39.4. The first-order chi connectivity index (χ1) is 37.7. The number of halogens is 20. The molecule has 0 N–H and O–H groups in total. The quantitative estimate of drug-likeness (QED) is 0.0919. The minimum absolute atomic E-state index is 0. The Morgan fingerprint density at radius 3 is 0.425 bits per heavy atom. The number of aryl methyl sites for hydroxylation is 6. The first kappa shape index (κ1) is 91.4. The minimum Gasteiger partial charge on any atom is -1.00 e. The van der Waals surface area contributed by atoms with E-state index < -0.39 is 39.3 Å². The van der Waals surface area contributed by atoms with E-state index in [9.17, 15) is 75.5 Å². The molecule has 2 heterocycles. The van der Waals surface area contributed by atoms with Gasteiger partial charge in [-0.25, -0.2) is 0 Å². The summed E-state index contributed by atoms with van der Waals surface area (Å²) < 4.78 is 178. The molecule has 0 unspecified atom stereocenters. The van der Waals surface area contributed by atoms with Gasteiger partial charge in [0.1, 0.15) is 0 Å². The molecule has 8 rings (SSSR count). The van der Waals surface area contributed by atoms with Crippen molar-refractivity contribution in [1.29, 1.82) is 0 Å². The van der Waals surface area contributed by atoms with Crippen LogP contribution in [0.4, 0.5) is 75.5 Å². The SMILES string of the molecule is C1CSCCSCCS1.C1CSCCSCCS1.Cc1ccccc1P(c1ccccc1C)c1ccccc1C.Cc1ccccc1P(c1ccccc1C)c1ccccc1C.F[P-](F)(F)(F)(F)F.F[P-](F)(F)(F)(F)F.F[P-](F)(F)(F)(F)F.[Cl-].[Cl-].[Pd+2].[Pd]. The van der Waals surface area contributed by atoms with Crippen molar-refractivity contribution in [2.45, 2.75) is 41.5 Å². The Bertz CT molecular complexity index is 2420. The summed E-state index contributed by atoms with van der Waals surface area (Å²) in [7, 11) is -33.0. The monoisotopic (exact) mass is 1680 g/mol. The van der Waals surface area contributed by atoms with E-state index in [0.717, 1.165) is 0 Å². The molecule has 6 aromatic rings. The fraction of sp³-hybridized carbons (Fsp3) is 0.333. The van der Waals surface area contributed by atoms with Gasteiger partial charge in [-0.1, -0.05) is 146 Å². The van der Waals surface area contributed by atoms with Crippen LogP contribution in [0, 0.1) is 41.5 Å². The molecular weight excluding hydrogens is 1620 g/mol. The zero-order valence-electron chi connectivity index (χ0n) is 47.2. The van der Waals surface area contributed by atoms with Crippen LogP contribution >= 0.6 is 110 Å². The van der Waals surface area contributed by atoms with E-state index in [-0.39, 0.29) is 65.7 Å². The van der Waals surface area contributed by atoms with Crippen molar-refractivity contribution < 1.29 is 141 Å². The van der Waals surface area contributed by atoms with Gasteiger partial charge in [0.25, 0.3) is 0 Å². The maximum Gasteiger partial charge on any atom is 2.00 e. The van der Waals surface area contributed by atoms with E-state index in [1.165, 1.54) is 134 Å². The Morgan fingerprint density at radius 1 is 0.241 bits per heavy atom.